The molecule has 28 heteroatoms. The molecule has 25 atom stereocenters. The SMILES string of the molecule is CCCCCCCCO[C@@H]1O[C@H](CO[C@H]2O[C@H](CO[C@@H]3O[C@H](CO)[C@@H](O[C@@H]4O[C@H](CO)[C@H](O)[C@H](O[C@@H]5O[C@H](CO)[C@@H](O)[C@H](O)[C@H]5NC(C)=O)[C@H]4O)[C@H](O)[C@H]3NC(C)=O)[C@@H](O)[C@H](O)[C@@H]2O)[C@@H](O)[C@H](O)[C@@H]1O. The van der Waals surface area contributed by atoms with Gasteiger partial charge in [0.1, 0.15) is 122 Å². The fourth-order valence-electron chi connectivity index (χ4n) is 8.83. The Balaban J connectivity index is 1.24. The van der Waals surface area contributed by atoms with Crippen molar-refractivity contribution in [3.63, 3.8) is 0 Å². The monoisotopic (exact) mass is 1020 g/mol. The van der Waals surface area contributed by atoms with Gasteiger partial charge in [-0.2, -0.15) is 0 Å². The van der Waals surface area contributed by atoms with Crippen LogP contribution in [-0.2, 0) is 57.0 Å². The second-order valence-electron chi connectivity index (χ2n) is 18.1. The van der Waals surface area contributed by atoms with Gasteiger partial charge in [-0.25, -0.2) is 0 Å². The van der Waals surface area contributed by atoms with Crippen molar-refractivity contribution in [2.24, 2.45) is 0 Å². The Morgan fingerprint density at radius 1 is 0.414 bits per heavy atom. The molecule has 5 saturated heterocycles. The van der Waals surface area contributed by atoms with Crippen LogP contribution >= 0.6 is 0 Å². The molecule has 0 aromatic heterocycles. The number of unbranched alkanes of at least 4 members (excludes halogenated alkanes) is 5. The Hall–Kier alpha value is -2.02. The maximum atomic E-state index is 12.5. The van der Waals surface area contributed by atoms with Crippen molar-refractivity contribution in [2.75, 3.05) is 39.6 Å². The molecule has 5 fully saturated rings. The van der Waals surface area contributed by atoms with Gasteiger partial charge in [-0.15, -0.1) is 0 Å². The highest BCUT2D eigenvalue weighted by Gasteiger charge is 2.55. The Kier molecular flexibility index (Phi) is 23.1. The van der Waals surface area contributed by atoms with Gasteiger partial charge in [-0.3, -0.25) is 9.59 Å². The summed E-state index contributed by atoms with van der Waals surface area (Å²) in [6.07, 6.45) is -33.8. The van der Waals surface area contributed by atoms with Crippen molar-refractivity contribution in [3.8, 4) is 0 Å². The molecular weight excluding hydrogens is 948 g/mol. The quantitative estimate of drug-likeness (QED) is 0.0423. The van der Waals surface area contributed by atoms with E-state index in [9.17, 15) is 81.1 Å². The smallest absolute Gasteiger partial charge is 0.217 e. The van der Waals surface area contributed by atoms with Gasteiger partial charge >= 0.3 is 0 Å². The molecule has 28 nitrogen and oxygen atoms in total. The van der Waals surface area contributed by atoms with Crippen molar-refractivity contribution in [2.45, 2.75) is 213 Å². The summed E-state index contributed by atoms with van der Waals surface area (Å²) in [5.41, 5.74) is 0. The average Bonchev–Trinajstić information content (AvgIpc) is 3.33. The molecule has 0 radical (unpaired) electrons. The van der Waals surface area contributed by atoms with Gasteiger partial charge in [-0.1, -0.05) is 39.0 Å². The zero-order valence-electron chi connectivity index (χ0n) is 39.1. The maximum Gasteiger partial charge on any atom is 0.217 e. The molecule has 0 aliphatic carbocycles. The van der Waals surface area contributed by atoms with E-state index < -0.39 is 198 Å². The van der Waals surface area contributed by atoms with E-state index in [1.54, 1.807) is 0 Å². The molecule has 0 spiro atoms. The van der Waals surface area contributed by atoms with Crippen LogP contribution in [0.4, 0.5) is 0 Å². The van der Waals surface area contributed by atoms with E-state index in [-0.39, 0.29) is 6.61 Å². The van der Waals surface area contributed by atoms with Crippen LogP contribution < -0.4 is 10.6 Å². The first-order valence-electron chi connectivity index (χ1n) is 23.6. The van der Waals surface area contributed by atoms with Crippen LogP contribution in [0, 0.1) is 0 Å². The van der Waals surface area contributed by atoms with Crippen LogP contribution in [-0.4, -0.2) is 276 Å². The summed E-state index contributed by atoms with van der Waals surface area (Å²) in [4.78, 5) is 24.5. The molecule has 0 aromatic rings. The first-order valence-corrected chi connectivity index (χ1v) is 23.6. The number of aliphatic hydroxyl groups excluding tert-OH is 14. The molecule has 16 N–H and O–H groups in total. The summed E-state index contributed by atoms with van der Waals surface area (Å²) in [5, 5.41) is 155. The highest BCUT2D eigenvalue weighted by Crippen LogP contribution is 2.34. The third-order valence-electron chi connectivity index (χ3n) is 12.8. The summed E-state index contributed by atoms with van der Waals surface area (Å²) in [6.45, 7) is 0.458. The molecule has 70 heavy (non-hydrogen) atoms. The molecule has 5 heterocycles. The molecule has 5 rings (SSSR count). The van der Waals surface area contributed by atoms with Gasteiger partial charge < -0.3 is 129 Å². The molecular formula is C42H74N2O26. The number of carbonyl (C=O) groups excluding carboxylic acids is 2. The minimum absolute atomic E-state index is 0.190. The average molecular weight is 1020 g/mol. The normalized spacial score (nSPS) is 44.7. The summed E-state index contributed by atoms with van der Waals surface area (Å²) in [5.74, 6) is -1.46. The zero-order chi connectivity index (χ0) is 51.6. The van der Waals surface area contributed by atoms with E-state index in [4.69, 9.17) is 47.4 Å². The van der Waals surface area contributed by atoms with Crippen molar-refractivity contribution in [1.82, 2.24) is 10.6 Å². The van der Waals surface area contributed by atoms with Crippen molar-refractivity contribution < 1.29 is 128 Å². The predicted octanol–water partition coefficient (Wildman–Crippen LogP) is -8.25. The van der Waals surface area contributed by atoms with E-state index in [0.717, 1.165) is 46.0 Å². The number of carbonyl (C=O) groups is 2. The third-order valence-corrected chi connectivity index (χ3v) is 12.8. The topological polar surface area (TPSA) is 434 Å². The minimum atomic E-state index is -2.06. The number of amides is 2. The Labute approximate surface area is 402 Å². The highest BCUT2D eigenvalue weighted by molar-refractivity contribution is 5.73. The standard InChI is InChI=1S/C42H74N2O26/c1-4-5-6-7-8-9-10-61-40-33(58)31(56)27(52)22(67-40)15-63-41-34(59)32(57)26(51)21(68-41)14-62-38-24(44-17(3)49)30(55)36(20(13-47)66-38)69-42-35(60)37(28(53)19(12-46)65-42)70-39-23(43-16(2)48)29(54)25(50)18(11-45)64-39/h18-42,45-47,50-60H,4-15H2,1-3H3,(H,43,48)(H,44,49)/t18-,19-,20-,21-,22-,23-,24-,25-,26-,27-,28+,29-,30-,31+,32+,33+,34+,35-,36-,37+,38-,39+,40-,41+,42+/m1/s1. The molecule has 5 aliphatic heterocycles. The van der Waals surface area contributed by atoms with Crippen molar-refractivity contribution in [3.05, 3.63) is 0 Å². The van der Waals surface area contributed by atoms with Gasteiger partial charge in [0, 0.05) is 20.5 Å². The van der Waals surface area contributed by atoms with Crippen LogP contribution in [0.15, 0.2) is 0 Å². The predicted molar refractivity (Wildman–Crippen MR) is 227 cm³/mol. The van der Waals surface area contributed by atoms with Crippen LogP contribution in [0.3, 0.4) is 0 Å². The second kappa shape index (κ2) is 27.5. The minimum Gasteiger partial charge on any atom is -0.394 e. The van der Waals surface area contributed by atoms with Gasteiger partial charge in [0.15, 0.2) is 31.5 Å². The van der Waals surface area contributed by atoms with E-state index >= 15 is 0 Å². The number of rotatable bonds is 23. The van der Waals surface area contributed by atoms with Gasteiger partial charge in [-0.05, 0) is 6.42 Å². The number of aliphatic hydroxyl groups is 14. The number of nitrogens with one attached hydrogen (secondary N) is 2. The summed E-state index contributed by atoms with van der Waals surface area (Å²) in [7, 11) is 0. The molecule has 0 saturated carbocycles. The van der Waals surface area contributed by atoms with E-state index in [2.05, 4.69) is 17.6 Å². The molecule has 408 valence electrons. The summed E-state index contributed by atoms with van der Waals surface area (Å²) in [6, 6.07) is -3.11. The fraction of sp³-hybridized carbons (Fsp3) is 0.952. The molecule has 0 aromatic carbocycles. The molecule has 0 unspecified atom stereocenters. The highest BCUT2D eigenvalue weighted by atomic mass is 16.8. The van der Waals surface area contributed by atoms with Crippen molar-refractivity contribution >= 4 is 11.8 Å². The lowest BCUT2D eigenvalue weighted by atomic mass is 9.94. The lowest BCUT2D eigenvalue weighted by Crippen LogP contribution is -2.69. The van der Waals surface area contributed by atoms with Crippen LogP contribution in [0.2, 0.25) is 0 Å². The maximum absolute atomic E-state index is 12.5. The third kappa shape index (κ3) is 14.4. The first kappa shape index (κ1) is 58.9. The number of hydrogen-bond donors (Lipinski definition) is 16. The Bertz CT molecular complexity index is 1580. The number of ether oxygens (including phenoxy) is 10. The lowest BCUT2D eigenvalue weighted by molar-refractivity contribution is -0.371. The summed E-state index contributed by atoms with van der Waals surface area (Å²) < 4.78 is 57.4. The Morgan fingerprint density at radius 3 is 1.39 bits per heavy atom. The molecule has 0 bridgehead atoms. The van der Waals surface area contributed by atoms with E-state index in [1.807, 2.05) is 0 Å². The van der Waals surface area contributed by atoms with Crippen molar-refractivity contribution in [1.29, 1.82) is 0 Å². The van der Waals surface area contributed by atoms with Crippen LogP contribution in [0.1, 0.15) is 59.3 Å². The van der Waals surface area contributed by atoms with E-state index in [0.29, 0.717) is 6.42 Å². The first-order chi connectivity index (χ1) is 33.3. The number of hydrogen-bond acceptors (Lipinski definition) is 26. The molecule has 5 aliphatic rings. The second-order valence-corrected chi connectivity index (χ2v) is 18.1. The van der Waals surface area contributed by atoms with Crippen LogP contribution in [0.5, 0.6) is 0 Å². The van der Waals surface area contributed by atoms with Gasteiger partial charge in [0.05, 0.1) is 33.0 Å². The van der Waals surface area contributed by atoms with Gasteiger partial charge in [0.25, 0.3) is 0 Å². The van der Waals surface area contributed by atoms with Crippen LogP contribution in [0.25, 0.3) is 0 Å². The fourth-order valence-corrected chi connectivity index (χ4v) is 8.83. The molecule has 2 amide bonds. The van der Waals surface area contributed by atoms with Gasteiger partial charge in [0.2, 0.25) is 11.8 Å². The lowest BCUT2D eigenvalue weighted by Gasteiger charge is -2.49. The van der Waals surface area contributed by atoms with E-state index in [1.165, 1.54) is 0 Å². The summed E-state index contributed by atoms with van der Waals surface area (Å²) >= 11 is 0. The Morgan fingerprint density at radius 2 is 0.843 bits per heavy atom. The zero-order valence-corrected chi connectivity index (χ0v) is 39.1. The largest absolute Gasteiger partial charge is 0.394 e.